The summed E-state index contributed by atoms with van der Waals surface area (Å²) in [6.45, 7) is 5.06. The van der Waals surface area contributed by atoms with E-state index in [0.717, 1.165) is 24.0 Å². The number of carbonyl (C=O) groups excluding carboxylic acids is 2. The first-order chi connectivity index (χ1) is 19.9. The van der Waals surface area contributed by atoms with Gasteiger partial charge in [-0.25, -0.2) is 4.98 Å². The number of aliphatic hydroxyl groups excluding tert-OH is 1. The number of Topliss-reactive ketones (excluding diaryl/α,β-unsaturated/α-hetero) is 1. The lowest BCUT2D eigenvalue weighted by Gasteiger charge is -2.23. The number of thiazole rings is 1. The van der Waals surface area contributed by atoms with Gasteiger partial charge in [0, 0.05) is 5.56 Å². The molecule has 1 aliphatic rings. The molecule has 2 heterocycles. The van der Waals surface area contributed by atoms with Crippen LogP contribution in [0.3, 0.4) is 0 Å². The van der Waals surface area contributed by atoms with E-state index in [1.165, 1.54) is 16.2 Å². The molecule has 1 aliphatic heterocycles. The molecule has 1 amide bonds. The van der Waals surface area contributed by atoms with Crippen molar-refractivity contribution in [3.05, 3.63) is 83.4 Å². The molecule has 3 aromatic carbocycles. The third kappa shape index (κ3) is 5.76. The number of carbonyl (C=O) groups is 2. The number of methoxy groups -OCH3 is 1. The van der Waals surface area contributed by atoms with Gasteiger partial charge >= 0.3 is 5.91 Å². The number of hydrogen-bond donors (Lipinski definition) is 1. The van der Waals surface area contributed by atoms with Gasteiger partial charge in [-0.15, -0.1) is 0 Å². The van der Waals surface area contributed by atoms with Crippen LogP contribution < -0.4 is 19.1 Å². The molecule has 1 saturated heterocycles. The van der Waals surface area contributed by atoms with E-state index in [2.05, 4.69) is 11.9 Å². The lowest BCUT2D eigenvalue weighted by atomic mass is 9.95. The Hall–Kier alpha value is -4.37. The zero-order valence-corrected chi connectivity index (χ0v) is 24.1. The highest BCUT2D eigenvalue weighted by molar-refractivity contribution is 7.22. The first-order valence-corrected chi connectivity index (χ1v) is 14.5. The number of rotatable bonds is 11. The second-order valence-corrected chi connectivity index (χ2v) is 10.6. The normalized spacial score (nSPS) is 16.4. The SMILES string of the molecule is CCCCCOc1ccc(C2C(=C(O)c3cccc(OCC)c3)C(=O)C(=O)N2c2nc3ccc(OC)cc3s2)cc1. The molecule has 212 valence electrons. The van der Waals surface area contributed by atoms with E-state index in [9.17, 15) is 14.7 Å². The summed E-state index contributed by atoms with van der Waals surface area (Å²) in [5.74, 6) is 0.0786. The highest BCUT2D eigenvalue weighted by Gasteiger charge is 2.48. The Labute approximate surface area is 242 Å². The number of nitrogens with zero attached hydrogens (tertiary/aromatic N) is 2. The second kappa shape index (κ2) is 12.4. The Kier molecular flexibility index (Phi) is 8.54. The molecular weight excluding hydrogens is 540 g/mol. The van der Waals surface area contributed by atoms with Crippen molar-refractivity contribution >= 4 is 44.1 Å². The molecular formula is C32H32N2O6S. The summed E-state index contributed by atoms with van der Waals surface area (Å²) >= 11 is 1.28. The molecule has 4 aromatic rings. The van der Waals surface area contributed by atoms with Crippen LogP contribution >= 0.6 is 11.3 Å². The number of ether oxygens (including phenoxy) is 3. The number of aliphatic hydroxyl groups is 1. The van der Waals surface area contributed by atoms with Gasteiger partial charge in [0.05, 0.1) is 42.2 Å². The molecule has 8 nitrogen and oxygen atoms in total. The van der Waals surface area contributed by atoms with Crippen LogP contribution in [0.15, 0.2) is 72.3 Å². The van der Waals surface area contributed by atoms with Crippen LogP contribution in [0.25, 0.3) is 16.0 Å². The summed E-state index contributed by atoms with van der Waals surface area (Å²) < 4.78 is 17.6. The van der Waals surface area contributed by atoms with E-state index in [4.69, 9.17) is 14.2 Å². The summed E-state index contributed by atoms with van der Waals surface area (Å²) in [5.41, 5.74) is 1.68. The van der Waals surface area contributed by atoms with Crippen molar-refractivity contribution in [1.82, 2.24) is 4.98 Å². The molecule has 1 unspecified atom stereocenters. The number of unbranched alkanes of at least 4 members (excludes halogenated alkanes) is 2. The maximum Gasteiger partial charge on any atom is 0.301 e. The number of amides is 1. The molecule has 41 heavy (non-hydrogen) atoms. The lowest BCUT2D eigenvalue weighted by Crippen LogP contribution is -2.29. The minimum atomic E-state index is -0.901. The largest absolute Gasteiger partial charge is 0.507 e. The van der Waals surface area contributed by atoms with Crippen molar-refractivity contribution in [2.75, 3.05) is 25.2 Å². The molecule has 1 N–H and O–H groups in total. The monoisotopic (exact) mass is 572 g/mol. The Balaban J connectivity index is 1.60. The summed E-state index contributed by atoms with van der Waals surface area (Å²) in [7, 11) is 1.58. The van der Waals surface area contributed by atoms with Crippen molar-refractivity contribution in [2.45, 2.75) is 39.2 Å². The smallest absolute Gasteiger partial charge is 0.301 e. The van der Waals surface area contributed by atoms with Crippen molar-refractivity contribution in [2.24, 2.45) is 0 Å². The number of fused-ring (bicyclic) bond motifs is 1. The molecule has 0 bridgehead atoms. The van der Waals surface area contributed by atoms with Gasteiger partial charge in [-0.1, -0.05) is 55.4 Å². The first kappa shape index (κ1) is 28.2. The highest BCUT2D eigenvalue weighted by atomic mass is 32.1. The van der Waals surface area contributed by atoms with Gasteiger partial charge in [-0.2, -0.15) is 0 Å². The van der Waals surface area contributed by atoms with Crippen LogP contribution in [0.4, 0.5) is 5.13 Å². The van der Waals surface area contributed by atoms with Crippen LogP contribution in [-0.2, 0) is 9.59 Å². The molecule has 0 aliphatic carbocycles. The van der Waals surface area contributed by atoms with Gasteiger partial charge in [0.1, 0.15) is 23.0 Å². The van der Waals surface area contributed by atoms with Gasteiger partial charge in [0.2, 0.25) is 0 Å². The van der Waals surface area contributed by atoms with Crippen LogP contribution in [0.1, 0.15) is 50.3 Å². The minimum Gasteiger partial charge on any atom is -0.507 e. The Bertz CT molecular complexity index is 1590. The molecule has 0 radical (unpaired) electrons. The summed E-state index contributed by atoms with van der Waals surface area (Å²) in [6.07, 6.45) is 3.15. The van der Waals surface area contributed by atoms with Crippen molar-refractivity contribution < 1.29 is 28.9 Å². The Morgan fingerprint density at radius 3 is 2.46 bits per heavy atom. The predicted octanol–water partition coefficient (Wildman–Crippen LogP) is 6.90. The first-order valence-electron chi connectivity index (χ1n) is 13.7. The lowest BCUT2D eigenvalue weighted by molar-refractivity contribution is -0.132. The van der Waals surface area contributed by atoms with E-state index in [-0.39, 0.29) is 11.3 Å². The highest BCUT2D eigenvalue weighted by Crippen LogP contribution is 2.45. The molecule has 1 fully saturated rings. The number of hydrogen-bond acceptors (Lipinski definition) is 8. The predicted molar refractivity (Wildman–Crippen MR) is 160 cm³/mol. The number of aromatic nitrogens is 1. The quantitative estimate of drug-likeness (QED) is 0.0904. The fourth-order valence-electron chi connectivity index (χ4n) is 4.81. The van der Waals surface area contributed by atoms with Crippen LogP contribution in [0, 0.1) is 0 Å². The maximum absolute atomic E-state index is 13.6. The van der Waals surface area contributed by atoms with Gasteiger partial charge in [-0.3, -0.25) is 14.5 Å². The van der Waals surface area contributed by atoms with Crippen molar-refractivity contribution in [1.29, 1.82) is 0 Å². The van der Waals surface area contributed by atoms with E-state index < -0.39 is 17.7 Å². The van der Waals surface area contributed by atoms with Crippen LogP contribution in [0.2, 0.25) is 0 Å². The topological polar surface area (TPSA) is 98.2 Å². The third-order valence-electron chi connectivity index (χ3n) is 6.87. The average molecular weight is 573 g/mol. The molecule has 1 aromatic heterocycles. The summed E-state index contributed by atoms with van der Waals surface area (Å²) in [5, 5.41) is 11.8. The Morgan fingerprint density at radius 2 is 1.73 bits per heavy atom. The fourth-order valence-corrected chi connectivity index (χ4v) is 5.83. The van der Waals surface area contributed by atoms with E-state index >= 15 is 0 Å². The molecule has 0 spiro atoms. The molecule has 5 rings (SSSR count). The third-order valence-corrected chi connectivity index (χ3v) is 7.88. The zero-order valence-electron chi connectivity index (χ0n) is 23.3. The van der Waals surface area contributed by atoms with E-state index in [1.54, 1.807) is 37.4 Å². The van der Waals surface area contributed by atoms with Crippen LogP contribution in [-0.4, -0.2) is 42.1 Å². The van der Waals surface area contributed by atoms with Gasteiger partial charge < -0.3 is 19.3 Å². The van der Waals surface area contributed by atoms with E-state index in [0.29, 0.717) is 52.2 Å². The zero-order chi connectivity index (χ0) is 28.9. The maximum atomic E-state index is 13.6. The average Bonchev–Trinajstić information content (AvgIpc) is 3.53. The standard InChI is InChI=1S/C32H32N2O6S/c1-4-6-7-17-40-22-13-11-20(12-14-22)28-27(29(35)21-9-8-10-24(18-21)39-5-2)30(36)31(37)34(28)32-33-25-16-15-23(38-3)19-26(25)41-32/h8-16,18-19,28,35H,4-7,17H2,1-3H3. The number of anilines is 1. The summed E-state index contributed by atoms with van der Waals surface area (Å²) in [6, 6.07) is 18.7. The fraction of sp³-hybridized carbons (Fsp3) is 0.281. The minimum absolute atomic E-state index is 0.0166. The van der Waals surface area contributed by atoms with Crippen LogP contribution in [0.5, 0.6) is 17.2 Å². The Morgan fingerprint density at radius 1 is 0.951 bits per heavy atom. The molecule has 0 saturated carbocycles. The van der Waals surface area contributed by atoms with E-state index in [1.807, 2.05) is 43.3 Å². The molecule has 1 atom stereocenters. The number of ketones is 1. The molecule has 9 heteroatoms. The summed E-state index contributed by atoms with van der Waals surface area (Å²) in [4.78, 5) is 33.2. The van der Waals surface area contributed by atoms with Gasteiger partial charge in [0.15, 0.2) is 5.13 Å². The van der Waals surface area contributed by atoms with Crippen molar-refractivity contribution in [3.8, 4) is 17.2 Å². The number of benzene rings is 3. The second-order valence-electron chi connectivity index (χ2n) is 9.58. The van der Waals surface area contributed by atoms with Gasteiger partial charge in [0.25, 0.3) is 5.78 Å². The van der Waals surface area contributed by atoms with Crippen molar-refractivity contribution in [3.63, 3.8) is 0 Å². The van der Waals surface area contributed by atoms with Gasteiger partial charge in [-0.05, 0) is 61.4 Å².